The van der Waals surface area contributed by atoms with Crippen LogP contribution in [0.4, 0.5) is 0 Å². The van der Waals surface area contributed by atoms with E-state index >= 15 is 0 Å². The predicted molar refractivity (Wildman–Crippen MR) is 76.4 cm³/mol. The van der Waals surface area contributed by atoms with Crippen molar-refractivity contribution in [3.8, 4) is 0 Å². The average Bonchev–Trinajstić information content (AvgIpc) is 2.30. The first kappa shape index (κ1) is 14.1. The Morgan fingerprint density at radius 3 is 2.17 bits per heavy atom. The van der Waals surface area contributed by atoms with Crippen LogP contribution in [0.2, 0.25) is 0 Å². The van der Waals surface area contributed by atoms with Crippen molar-refractivity contribution < 1.29 is 4.74 Å². The Hall–Kier alpha value is -0.340. The molecule has 2 nitrogen and oxygen atoms in total. The summed E-state index contributed by atoms with van der Waals surface area (Å²) in [5.74, 6) is 0.512. The lowest BCUT2D eigenvalue weighted by Crippen LogP contribution is -2.36. The quantitative estimate of drug-likeness (QED) is 0.722. The van der Waals surface area contributed by atoms with E-state index in [4.69, 9.17) is 10.5 Å². The second kappa shape index (κ2) is 4.08. The van der Waals surface area contributed by atoms with Crippen LogP contribution in [0.5, 0.6) is 0 Å². The van der Waals surface area contributed by atoms with Crippen molar-refractivity contribution in [2.75, 3.05) is 0 Å². The van der Waals surface area contributed by atoms with Gasteiger partial charge in [-0.2, -0.15) is 0 Å². The number of rotatable bonds is 1. The molecule has 0 radical (unpaired) electrons. The Bertz CT molecular complexity index is 365. The van der Waals surface area contributed by atoms with Gasteiger partial charge in [0, 0.05) is 12.0 Å². The molecule has 2 N–H and O–H groups in total. The zero-order valence-electron chi connectivity index (χ0n) is 12.8. The fourth-order valence-electron chi connectivity index (χ4n) is 4.03. The summed E-state index contributed by atoms with van der Waals surface area (Å²) in [5.41, 5.74) is 7.98. The number of ether oxygens (including phenoxy) is 1. The number of nitrogens with two attached hydrogens (primary N) is 1. The maximum atomic E-state index is 6.22. The summed E-state index contributed by atoms with van der Waals surface area (Å²) < 4.78 is 6.22. The highest BCUT2D eigenvalue weighted by molar-refractivity contribution is 5.22. The van der Waals surface area contributed by atoms with Crippen molar-refractivity contribution in [1.29, 1.82) is 0 Å². The van der Waals surface area contributed by atoms with Crippen LogP contribution in [0.15, 0.2) is 11.6 Å². The van der Waals surface area contributed by atoms with Gasteiger partial charge in [-0.3, -0.25) is 0 Å². The molecule has 0 aromatic carbocycles. The van der Waals surface area contributed by atoms with E-state index in [0.717, 1.165) is 19.3 Å². The molecule has 0 aromatic heterocycles. The summed E-state index contributed by atoms with van der Waals surface area (Å²) >= 11 is 0. The van der Waals surface area contributed by atoms with Crippen LogP contribution in [0.3, 0.4) is 0 Å². The smallest absolute Gasteiger partial charge is 0.0699 e. The standard InChI is InChI=1S/C16H29NO/c1-14(2)8-11(7-12(17)9-14)13-10-15(3,4)18-16(13,5)6/h7,12-13H,8-10,17H2,1-6H3. The third-order valence-corrected chi connectivity index (χ3v) is 4.42. The van der Waals surface area contributed by atoms with Crippen molar-refractivity contribution >= 4 is 0 Å². The Labute approximate surface area is 112 Å². The zero-order valence-corrected chi connectivity index (χ0v) is 12.8. The van der Waals surface area contributed by atoms with Crippen LogP contribution in [0.25, 0.3) is 0 Å². The van der Waals surface area contributed by atoms with E-state index in [-0.39, 0.29) is 17.2 Å². The van der Waals surface area contributed by atoms with Crippen molar-refractivity contribution in [3.05, 3.63) is 11.6 Å². The molecule has 2 aliphatic rings. The lowest BCUT2D eigenvalue weighted by Gasteiger charge is -2.38. The van der Waals surface area contributed by atoms with Gasteiger partial charge in [-0.15, -0.1) is 0 Å². The molecule has 2 unspecified atom stereocenters. The molecular weight excluding hydrogens is 222 g/mol. The SMILES string of the molecule is CC1(C)CC(C2CC(C)(C)OC2(C)C)=CC(N)C1. The second-order valence-electron chi connectivity index (χ2n) is 8.17. The van der Waals surface area contributed by atoms with Crippen molar-refractivity contribution in [1.82, 2.24) is 0 Å². The maximum absolute atomic E-state index is 6.22. The molecule has 1 heterocycles. The molecule has 1 fully saturated rings. The molecule has 104 valence electrons. The molecule has 0 amide bonds. The van der Waals surface area contributed by atoms with Gasteiger partial charge in [0.05, 0.1) is 11.2 Å². The summed E-state index contributed by atoms with van der Waals surface area (Å²) in [6.07, 6.45) is 5.67. The van der Waals surface area contributed by atoms with Gasteiger partial charge in [0.1, 0.15) is 0 Å². The van der Waals surface area contributed by atoms with E-state index in [1.165, 1.54) is 5.57 Å². The molecule has 2 rings (SSSR count). The highest BCUT2D eigenvalue weighted by Gasteiger charge is 2.48. The van der Waals surface area contributed by atoms with Crippen LogP contribution in [-0.2, 0) is 4.74 Å². The van der Waals surface area contributed by atoms with Gasteiger partial charge < -0.3 is 10.5 Å². The van der Waals surface area contributed by atoms with Crippen molar-refractivity contribution in [2.24, 2.45) is 17.1 Å². The van der Waals surface area contributed by atoms with Gasteiger partial charge in [0.25, 0.3) is 0 Å². The molecule has 1 aliphatic heterocycles. The van der Waals surface area contributed by atoms with Gasteiger partial charge in [0.2, 0.25) is 0 Å². The highest BCUT2D eigenvalue weighted by Crippen LogP contribution is 2.49. The molecule has 0 spiro atoms. The van der Waals surface area contributed by atoms with Crippen LogP contribution >= 0.6 is 0 Å². The lowest BCUT2D eigenvalue weighted by molar-refractivity contribution is -0.0720. The molecule has 0 aromatic rings. The summed E-state index contributed by atoms with van der Waals surface area (Å²) in [4.78, 5) is 0. The largest absolute Gasteiger partial charge is 0.369 e. The first-order valence-corrected chi connectivity index (χ1v) is 7.17. The van der Waals surface area contributed by atoms with E-state index in [1.807, 2.05) is 0 Å². The predicted octanol–water partition coefficient (Wildman–Crippen LogP) is 3.65. The maximum Gasteiger partial charge on any atom is 0.0699 e. The zero-order chi connectivity index (χ0) is 13.8. The third kappa shape index (κ3) is 2.80. The van der Waals surface area contributed by atoms with Crippen LogP contribution in [-0.4, -0.2) is 17.2 Å². The lowest BCUT2D eigenvalue weighted by atomic mass is 9.69. The molecule has 0 saturated carbocycles. The van der Waals surface area contributed by atoms with E-state index in [0.29, 0.717) is 11.3 Å². The number of hydrogen-bond acceptors (Lipinski definition) is 2. The van der Waals surface area contributed by atoms with Gasteiger partial charge >= 0.3 is 0 Å². The fraction of sp³-hybridized carbons (Fsp3) is 0.875. The molecular formula is C16H29NO. The molecule has 0 bridgehead atoms. The van der Waals surface area contributed by atoms with Gasteiger partial charge in [0.15, 0.2) is 0 Å². The minimum Gasteiger partial charge on any atom is -0.369 e. The Morgan fingerprint density at radius 2 is 1.72 bits per heavy atom. The summed E-state index contributed by atoms with van der Waals surface area (Å²) in [7, 11) is 0. The Morgan fingerprint density at radius 1 is 1.11 bits per heavy atom. The van der Waals surface area contributed by atoms with Gasteiger partial charge in [-0.25, -0.2) is 0 Å². The summed E-state index contributed by atoms with van der Waals surface area (Å²) in [6, 6.07) is 0.211. The second-order valence-corrected chi connectivity index (χ2v) is 8.17. The van der Waals surface area contributed by atoms with E-state index < -0.39 is 0 Å². The highest BCUT2D eigenvalue weighted by atomic mass is 16.5. The molecule has 18 heavy (non-hydrogen) atoms. The van der Waals surface area contributed by atoms with Crippen molar-refractivity contribution in [2.45, 2.75) is 78.0 Å². The van der Waals surface area contributed by atoms with Crippen LogP contribution in [0, 0.1) is 11.3 Å². The van der Waals surface area contributed by atoms with Gasteiger partial charge in [-0.1, -0.05) is 25.5 Å². The van der Waals surface area contributed by atoms with Gasteiger partial charge in [-0.05, 0) is 52.4 Å². The minimum atomic E-state index is -0.0670. The minimum absolute atomic E-state index is 0.0132. The summed E-state index contributed by atoms with van der Waals surface area (Å²) in [5, 5.41) is 0. The number of hydrogen-bond donors (Lipinski definition) is 1. The molecule has 1 saturated heterocycles. The monoisotopic (exact) mass is 251 g/mol. The molecule has 2 atom stereocenters. The Kier molecular flexibility index (Phi) is 3.19. The van der Waals surface area contributed by atoms with Crippen LogP contribution in [0.1, 0.15) is 60.8 Å². The topological polar surface area (TPSA) is 35.2 Å². The summed E-state index contributed by atoms with van der Waals surface area (Å²) in [6.45, 7) is 13.5. The first-order valence-electron chi connectivity index (χ1n) is 7.17. The van der Waals surface area contributed by atoms with E-state index in [9.17, 15) is 0 Å². The van der Waals surface area contributed by atoms with E-state index in [1.54, 1.807) is 0 Å². The third-order valence-electron chi connectivity index (χ3n) is 4.42. The first-order chi connectivity index (χ1) is 8.01. The fourth-order valence-corrected chi connectivity index (χ4v) is 4.03. The normalized spacial score (nSPS) is 37.4. The molecule has 2 heteroatoms. The van der Waals surface area contributed by atoms with E-state index in [2.05, 4.69) is 47.6 Å². The average molecular weight is 251 g/mol. The van der Waals surface area contributed by atoms with Crippen LogP contribution < -0.4 is 5.73 Å². The Balaban J connectivity index is 2.27. The molecule has 1 aliphatic carbocycles. The van der Waals surface area contributed by atoms with Crippen molar-refractivity contribution in [3.63, 3.8) is 0 Å².